The van der Waals surface area contributed by atoms with Crippen LogP contribution in [0.25, 0.3) is 22.7 Å². The Morgan fingerprint density at radius 2 is 1.78 bits per heavy atom. The maximum atomic E-state index is 6.62. The van der Waals surface area contributed by atoms with Crippen LogP contribution >= 0.6 is 11.3 Å². The lowest BCUT2D eigenvalue weighted by Crippen LogP contribution is -2.37. The number of rotatable bonds is 5. The molecule has 7 aliphatic carbocycles. The van der Waals surface area contributed by atoms with Gasteiger partial charge in [-0.2, -0.15) is 0 Å². The van der Waals surface area contributed by atoms with Crippen molar-refractivity contribution in [3.8, 4) is 0 Å². The zero-order chi connectivity index (χ0) is 36.0. The molecule has 0 radical (unpaired) electrons. The summed E-state index contributed by atoms with van der Waals surface area (Å²) in [5.74, 6) is 2.48. The molecule has 2 aromatic heterocycles. The fourth-order valence-electron chi connectivity index (χ4n) is 11.1. The van der Waals surface area contributed by atoms with Crippen molar-refractivity contribution in [3.63, 3.8) is 0 Å². The molecule has 1 aromatic carbocycles. The van der Waals surface area contributed by atoms with E-state index < -0.39 is 0 Å². The monoisotopic (exact) mass is 728 g/mol. The predicted octanol–water partition coefficient (Wildman–Crippen LogP) is 12.6. The molecular formula is C50H52N2OS. The quantitative estimate of drug-likeness (QED) is 0.244. The highest BCUT2D eigenvalue weighted by Crippen LogP contribution is 2.52. The highest BCUT2D eigenvalue weighted by atomic mass is 32.1. The first-order valence-corrected chi connectivity index (χ1v) is 21.9. The second-order valence-electron chi connectivity index (χ2n) is 17.4. The minimum absolute atomic E-state index is 0.111. The fraction of sp³-hybridized carbons (Fsp3) is 0.400. The summed E-state index contributed by atoms with van der Waals surface area (Å²) in [4.78, 5) is 8.59. The number of hydrogen-bond donors (Lipinski definition) is 0. The van der Waals surface area contributed by atoms with Gasteiger partial charge in [0, 0.05) is 45.5 Å². The smallest absolute Gasteiger partial charge is 0.137 e. The van der Waals surface area contributed by atoms with Gasteiger partial charge in [0.05, 0.1) is 33.7 Å². The Balaban J connectivity index is 1.07. The van der Waals surface area contributed by atoms with E-state index in [0.29, 0.717) is 29.8 Å². The number of thiophene rings is 1. The van der Waals surface area contributed by atoms with Gasteiger partial charge in [0.25, 0.3) is 0 Å². The Morgan fingerprint density at radius 3 is 2.67 bits per heavy atom. The number of benzene rings is 1. The van der Waals surface area contributed by atoms with Gasteiger partial charge < -0.3 is 14.2 Å². The van der Waals surface area contributed by atoms with Crippen molar-refractivity contribution < 1.29 is 4.42 Å². The number of furan rings is 1. The number of likely N-dealkylation sites (tertiary alicyclic amines) is 1. The summed E-state index contributed by atoms with van der Waals surface area (Å²) in [6.07, 6.45) is 49.2. The Kier molecular flexibility index (Phi) is 7.91. The Bertz CT molecular complexity index is 2330. The Morgan fingerprint density at radius 1 is 0.833 bits per heavy atom. The zero-order valence-corrected chi connectivity index (χ0v) is 32.7. The molecule has 274 valence electrons. The van der Waals surface area contributed by atoms with Crippen LogP contribution in [0, 0.1) is 23.2 Å². The maximum absolute atomic E-state index is 6.62. The number of anilines is 1. The zero-order valence-electron chi connectivity index (χ0n) is 31.9. The van der Waals surface area contributed by atoms with Crippen LogP contribution in [0.15, 0.2) is 119 Å². The van der Waals surface area contributed by atoms with E-state index in [1.54, 1.807) is 16.0 Å². The first-order valence-electron chi connectivity index (χ1n) is 21.0. The van der Waals surface area contributed by atoms with Gasteiger partial charge in [-0.25, -0.2) is 0 Å². The molecule has 0 spiro atoms. The summed E-state index contributed by atoms with van der Waals surface area (Å²) < 4.78 is 6.62. The fourth-order valence-corrected chi connectivity index (χ4v) is 12.6. The van der Waals surface area contributed by atoms with Crippen LogP contribution in [-0.2, 0) is 25.7 Å². The second-order valence-corrected chi connectivity index (χ2v) is 18.5. The standard InChI is InChI=1S/C50H52N2OS/c1-32-20-23-34(24-21-32)51-41-27-25-35(31-40(41)36-26-22-33(30-44(36)51)50(2)28-8-3-9-29-50)52(42-15-11-18-46-48(42)39-13-4-6-17-45(39)53-46)43-16-10-14-38-37-12-5-7-19-47(37)54-49(38)43/h4,8,11,13,15-16,18,20,22-28,30-32,36,40-41,44H,3,5-7,9-10,12,14,17,19,21,29H2,1-2H3. The molecule has 0 bridgehead atoms. The average molecular weight is 729 g/mol. The number of allylic oxidation sites excluding steroid dienone is 10. The van der Waals surface area contributed by atoms with Crippen molar-refractivity contribution in [1.82, 2.24) is 4.90 Å². The van der Waals surface area contributed by atoms with Gasteiger partial charge in [-0.1, -0.05) is 92.8 Å². The van der Waals surface area contributed by atoms with Crippen LogP contribution in [0.2, 0.25) is 0 Å². The van der Waals surface area contributed by atoms with E-state index in [1.165, 1.54) is 95.5 Å². The number of aryl methyl sites for hydroxylation is 2. The average Bonchev–Trinajstić information content (AvgIpc) is 3.89. The maximum Gasteiger partial charge on any atom is 0.137 e. The molecule has 1 aliphatic heterocycles. The molecule has 54 heavy (non-hydrogen) atoms. The van der Waals surface area contributed by atoms with E-state index in [-0.39, 0.29) is 5.41 Å². The van der Waals surface area contributed by atoms with E-state index >= 15 is 0 Å². The molecule has 6 atom stereocenters. The summed E-state index contributed by atoms with van der Waals surface area (Å²) in [6, 6.07) is 7.38. The second kappa shape index (κ2) is 12.9. The Labute approximate surface area is 325 Å². The molecule has 0 saturated carbocycles. The topological polar surface area (TPSA) is 19.6 Å². The molecule has 3 aromatic rings. The third-order valence-corrected chi connectivity index (χ3v) is 15.3. The molecule has 8 aliphatic rings. The van der Waals surface area contributed by atoms with Crippen LogP contribution in [0.1, 0.15) is 97.4 Å². The van der Waals surface area contributed by atoms with Gasteiger partial charge in [0.1, 0.15) is 11.3 Å². The summed E-state index contributed by atoms with van der Waals surface area (Å²) >= 11 is 2.09. The van der Waals surface area contributed by atoms with E-state index in [9.17, 15) is 0 Å². The molecule has 0 amide bonds. The molecule has 0 N–H and O–H groups in total. The lowest BCUT2D eigenvalue weighted by Gasteiger charge is -2.38. The van der Waals surface area contributed by atoms with Crippen molar-refractivity contribution in [2.24, 2.45) is 23.2 Å². The van der Waals surface area contributed by atoms with Gasteiger partial charge >= 0.3 is 0 Å². The first kappa shape index (κ1) is 33.1. The molecule has 11 rings (SSSR count). The van der Waals surface area contributed by atoms with Crippen LogP contribution in [0.3, 0.4) is 0 Å². The minimum Gasteiger partial charge on any atom is -0.460 e. The molecule has 6 unspecified atom stereocenters. The van der Waals surface area contributed by atoms with Crippen LogP contribution < -0.4 is 4.90 Å². The molecule has 1 saturated heterocycles. The van der Waals surface area contributed by atoms with Gasteiger partial charge in [0.15, 0.2) is 0 Å². The summed E-state index contributed by atoms with van der Waals surface area (Å²) in [5.41, 5.74) is 12.5. The summed E-state index contributed by atoms with van der Waals surface area (Å²) in [6.45, 7) is 4.80. The summed E-state index contributed by atoms with van der Waals surface area (Å²) in [7, 11) is 0. The SMILES string of the molecule is CC1C=CC(N2C3C=CC(N(C4=CCCc5c4sc4c5CCCC4)c4cccc5oc6c(c45)C=CCC6)=CC3C3C=CC(C4(C)C=CCCC4)=CC32)=CC1. The van der Waals surface area contributed by atoms with E-state index in [0.717, 1.165) is 37.0 Å². The third-order valence-electron chi connectivity index (χ3n) is 14.0. The molecular weight excluding hydrogens is 677 g/mol. The third kappa shape index (κ3) is 5.19. The minimum atomic E-state index is 0.111. The van der Waals surface area contributed by atoms with Crippen LogP contribution in [0.5, 0.6) is 0 Å². The van der Waals surface area contributed by atoms with Crippen LogP contribution in [0.4, 0.5) is 5.69 Å². The van der Waals surface area contributed by atoms with E-state index in [4.69, 9.17) is 4.42 Å². The summed E-state index contributed by atoms with van der Waals surface area (Å²) in [5, 5.41) is 1.26. The largest absolute Gasteiger partial charge is 0.460 e. The highest BCUT2D eigenvalue weighted by Gasteiger charge is 2.49. The van der Waals surface area contributed by atoms with Crippen molar-refractivity contribution in [2.45, 2.75) is 103 Å². The van der Waals surface area contributed by atoms with Crippen LogP contribution in [-0.4, -0.2) is 17.0 Å². The highest BCUT2D eigenvalue weighted by molar-refractivity contribution is 7.13. The van der Waals surface area contributed by atoms with Crippen molar-refractivity contribution in [2.75, 3.05) is 4.90 Å². The van der Waals surface area contributed by atoms with Crippen molar-refractivity contribution in [1.29, 1.82) is 0 Å². The molecule has 3 heterocycles. The van der Waals surface area contributed by atoms with E-state index in [1.807, 2.05) is 0 Å². The van der Waals surface area contributed by atoms with Gasteiger partial charge in [-0.3, -0.25) is 0 Å². The van der Waals surface area contributed by atoms with Gasteiger partial charge in [-0.15, -0.1) is 11.3 Å². The lowest BCUT2D eigenvalue weighted by atomic mass is 9.71. The first-order chi connectivity index (χ1) is 26.5. The molecule has 4 heteroatoms. The number of fused-ring (bicyclic) bond motifs is 9. The van der Waals surface area contributed by atoms with E-state index in [2.05, 4.69) is 138 Å². The lowest BCUT2D eigenvalue weighted by molar-refractivity contribution is 0.304. The predicted molar refractivity (Wildman–Crippen MR) is 226 cm³/mol. The Hall–Kier alpha value is -4.28. The van der Waals surface area contributed by atoms with Gasteiger partial charge in [-0.05, 0) is 118 Å². The number of hydrogen-bond acceptors (Lipinski definition) is 4. The number of nitrogens with zero attached hydrogens (tertiary/aromatic N) is 2. The van der Waals surface area contributed by atoms with Gasteiger partial charge in [0.2, 0.25) is 0 Å². The van der Waals surface area contributed by atoms with Crippen molar-refractivity contribution >= 4 is 39.8 Å². The normalized spacial score (nSPS) is 30.6. The van der Waals surface area contributed by atoms with Crippen molar-refractivity contribution in [3.05, 3.63) is 146 Å². The molecule has 1 fully saturated rings. The molecule has 3 nitrogen and oxygen atoms in total.